The molecule has 2 aromatic rings. The number of aryl methyl sites for hydroxylation is 1. The third-order valence-electron chi connectivity index (χ3n) is 2.00. The number of benzene rings is 1. The van der Waals surface area contributed by atoms with E-state index >= 15 is 0 Å². The SMILES string of the molecule is Cc1ccc(Cn2ncc(N)n2)cc1. The second kappa shape index (κ2) is 3.49. The van der Waals surface area contributed by atoms with Gasteiger partial charge in [-0.1, -0.05) is 29.8 Å². The van der Waals surface area contributed by atoms with Crippen LogP contribution < -0.4 is 5.73 Å². The van der Waals surface area contributed by atoms with Crippen LogP contribution in [-0.2, 0) is 6.54 Å². The first kappa shape index (κ1) is 8.74. The summed E-state index contributed by atoms with van der Waals surface area (Å²) in [5, 5.41) is 8.03. The minimum atomic E-state index is 0.456. The molecular formula is C10H12N4. The highest BCUT2D eigenvalue weighted by atomic mass is 15.5. The third kappa shape index (κ3) is 1.90. The van der Waals surface area contributed by atoms with Crippen LogP contribution in [0, 0.1) is 6.92 Å². The van der Waals surface area contributed by atoms with Crippen LogP contribution in [0.15, 0.2) is 30.5 Å². The standard InChI is InChI=1S/C10H12N4/c1-8-2-4-9(5-3-8)7-14-12-6-10(11)13-14/h2-6H,7H2,1H3,(H2,11,13). The Morgan fingerprint density at radius 2 is 2.00 bits per heavy atom. The van der Waals surface area contributed by atoms with E-state index in [2.05, 4.69) is 41.4 Å². The average Bonchev–Trinajstić information content (AvgIpc) is 2.56. The first-order valence-electron chi connectivity index (χ1n) is 4.45. The number of nitrogens with two attached hydrogens (primary N) is 1. The van der Waals surface area contributed by atoms with Crippen LogP contribution >= 0.6 is 0 Å². The first-order valence-corrected chi connectivity index (χ1v) is 4.45. The molecule has 0 aliphatic rings. The van der Waals surface area contributed by atoms with E-state index in [0.717, 1.165) is 0 Å². The van der Waals surface area contributed by atoms with Gasteiger partial charge in [0.1, 0.15) is 0 Å². The molecule has 4 nitrogen and oxygen atoms in total. The predicted octanol–water partition coefficient (Wildman–Crippen LogP) is 1.22. The zero-order valence-electron chi connectivity index (χ0n) is 8.01. The lowest BCUT2D eigenvalue weighted by molar-refractivity contribution is 0.593. The Bertz CT molecular complexity index is 416. The van der Waals surface area contributed by atoms with E-state index < -0.39 is 0 Å². The number of aromatic nitrogens is 3. The van der Waals surface area contributed by atoms with Crippen LogP contribution in [0.2, 0.25) is 0 Å². The van der Waals surface area contributed by atoms with Crippen molar-refractivity contribution in [3.63, 3.8) is 0 Å². The van der Waals surface area contributed by atoms with Crippen molar-refractivity contribution in [2.24, 2.45) is 0 Å². The van der Waals surface area contributed by atoms with Gasteiger partial charge in [0.2, 0.25) is 0 Å². The van der Waals surface area contributed by atoms with E-state index in [1.807, 2.05) is 0 Å². The van der Waals surface area contributed by atoms with Crippen molar-refractivity contribution in [3.05, 3.63) is 41.6 Å². The van der Waals surface area contributed by atoms with Crippen molar-refractivity contribution in [1.29, 1.82) is 0 Å². The normalized spacial score (nSPS) is 10.4. The molecule has 1 aromatic heterocycles. The maximum Gasteiger partial charge on any atom is 0.165 e. The molecule has 2 N–H and O–H groups in total. The first-order chi connectivity index (χ1) is 6.74. The van der Waals surface area contributed by atoms with Crippen molar-refractivity contribution >= 4 is 5.82 Å². The van der Waals surface area contributed by atoms with Gasteiger partial charge in [-0.2, -0.15) is 9.90 Å². The molecule has 0 aliphatic heterocycles. The molecule has 72 valence electrons. The zero-order valence-corrected chi connectivity index (χ0v) is 8.01. The van der Waals surface area contributed by atoms with Crippen LogP contribution in [0.4, 0.5) is 5.82 Å². The molecule has 0 atom stereocenters. The fraction of sp³-hybridized carbons (Fsp3) is 0.200. The molecule has 0 amide bonds. The molecule has 1 aromatic carbocycles. The highest BCUT2D eigenvalue weighted by molar-refractivity contribution is 5.22. The van der Waals surface area contributed by atoms with Crippen molar-refractivity contribution in [2.45, 2.75) is 13.5 Å². The van der Waals surface area contributed by atoms with E-state index in [4.69, 9.17) is 5.73 Å². The highest BCUT2D eigenvalue weighted by Gasteiger charge is 1.97. The summed E-state index contributed by atoms with van der Waals surface area (Å²) in [6.45, 7) is 2.73. The van der Waals surface area contributed by atoms with Crippen LogP contribution in [0.5, 0.6) is 0 Å². The molecule has 0 unspecified atom stereocenters. The summed E-state index contributed by atoms with van der Waals surface area (Å²) in [5.41, 5.74) is 7.89. The largest absolute Gasteiger partial charge is 0.381 e. The molecule has 0 fully saturated rings. The number of nitrogen functional groups attached to an aromatic ring is 1. The maximum absolute atomic E-state index is 5.46. The van der Waals surface area contributed by atoms with E-state index in [1.165, 1.54) is 11.1 Å². The molecule has 0 spiro atoms. The Kier molecular flexibility index (Phi) is 2.18. The second-order valence-electron chi connectivity index (χ2n) is 3.29. The lowest BCUT2D eigenvalue weighted by Gasteiger charge is -2.00. The van der Waals surface area contributed by atoms with Gasteiger partial charge >= 0.3 is 0 Å². The number of nitrogens with zero attached hydrogens (tertiary/aromatic N) is 3. The molecule has 4 heteroatoms. The van der Waals surface area contributed by atoms with E-state index in [1.54, 1.807) is 11.0 Å². The topological polar surface area (TPSA) is 56.7 Å². The number of hydrogen-bond donors (Lipinski definition) is 1. The summed E-state index contributed by atoms with van der Waals surface area (Å²) < 4.78 is 0. The third-order valence-corrected chi connectivity index (χ3v) is 2.00. The summed E-state index contributed by atoms with van der Waals surface area (Å²) in [7, 11) is 0. The van der Waals surface area contributed by atoms with Crippen molar-refractivity contribution < 1.29 is 0 Å². The Morgan fingerprint density at radius 1 is 1.29 bits per heavy atom. The summed E-state index contributed by atoms with van der Waals surface area (Å²) in [4.78, 5) is 1.58. The lowest BCUT2D eigenvalue weighted by atomic mass is 10.1. The van der Waals surface area contributed by atoms with Gasteiger partial charge < -0.3 is 5.73 Å². The van der Waals surface area contributed by atoms with Crippen LogP contribution in [-0.4, -0.2) is 15.0 Å². The number of hydrogen-bond acceptors (Lipinski definition) is 3. The summed E-state index contributed by atoms with van der Waals surface area (Å²) in [6, 6.07) is 8.27. The Labute approximate surface area is 82.4 Å². The van der Waals surface area contributed by atoms with Gasteiger partial charge in [-0.25, -0.2) is 0 Å². The van der Waals surface area contributed by atoms with Gasteiger partial charge in [-0.15, -0.1) is 5.10 Å². The van der Waals surface area contributed by atoms with E-state index in [9.17, 15) is 0 Å². The summed E-state index contributed by atoms with van der Waals surface area (Å²) in [6.07, 6.45) is 1.55. The van der Waals surface area contributed by atoms with Crippen LogP contribution in [0.3, 0.4) is 0 Å². The van der Waals surface area contributed by atoms with Crippen LogP contribution in [0.1, 0.15) is 11.1 Å². The molecular weight excluding hydrogens is 176 g/mol. The molecule has 1 heterocycles. The Hall–Kier alpha value is -1.84. The fourth-order valence-corrected chi connectivity index (χ4v) is 1.24. The number of rotatable bonds is 2. The predicted molar refractivity (Wildman–Crippen MR) is 54.7 cm³/mol. The highest BCUT2D eigenvalue weighted by Crippen LogP contribution is 2.04. The fourth-order valence-electron chi connectivity index (χ4n) is 1.24. The maximum atomic E-state index is 5.46. The van der Waals surface area contributed by atoms with Crippen molar-refractivity contribution in [3.8, 4) is 0 Å². The van der Waals surface area contributed by atoms with Crippen LogP contribution in [0.25, 0.3) is 0 Å². The van der Waals surface area contributed by atoms with E-state index in [-0.39, 0.29) is 0 Å². The number of anilines is 1. The molecule has 0 aliphatic carbocycles. The van der Waals surface area contributed by atoms with Gasteiger partial charge in [0.25, 0.3) is 0 Å². The Balaban J connectivity index is 2.15. The molecule has 0 saturated carbocycles. The average molecular weight is 188 g/mol. The smallest absolute Gasteiger partial charge is 0.165 e. The quantitative estimate of drug-likeness (QED) is 0.770. The van der Waals surface area contributed by atoms with Gasteiger partial charge in [0, 0.05) is 0 Å². The molecule has 14 heavy (non-hydrogen) atoms. The van der Waals surface area contributed by atoms with Gasteiger partial charge in [-0.3, -0.25) is 0 Å². The molecule has 0 saturated heterocycles. The van der Waals surface area contributed by atoms with Gasteiger partial charge in [-0.05, 0) is 12.5 Å². The summed E-state index contributed by atoms with van der Waals surface area (Å²) in [5.74, 6) is 0.456. The minimum absolute atomic E-state index is 0.456. The summed E-state index contributed by atoms with van der Waals surface area (Å²) >= 11 is 0. The molecule has 0 bridgehead atoms. The van der Waals surface area contributed by atoms with Crippen molar-refractivity contribution in [2.75, 3.05) is 5.73 Å². The van der Waals surface area contributed by atoms with Crippen molar-refractivity contribution in [1.82, 2.24) is 15.0 Å². The second-order valence-corrected chi connectivity index (χ2v) is 3.29. The van der Waals surface area contributed by atoms with E-state index in [0.29, 0.717) is 12.4 Å². The van der Waals surface area contributed by atoms with Gasteiger partial charge in [0.05, 0.1) is 12.7 Å². The van der Waals surface area contributed by atoms with Gasteiger partial charge in [0.15, 0.2) is 5.82 Å². The molecule has 2 rings (SSSR count). The molecule has 0 radical (unpaired) electrons. The lowest BCUT2D eigenvalue weighted by Crippen LogP contribution is -2.03. The zero-order chi connectivity index (χ0) is 9.97. The Morgan fingerprint density at radius 3 is 2.57 bits per heavy atom. The monoisotopic (exact) mass is 188 g/mol. The minimum Gasteiger partial charge on any atom is -0.381 e.